The average Bonchev–Trinajstić information content (AvgIpc) is 2.51. The smallest absolute Gasteiger partial charge is 0.0897 e. The van der Waals surface area contributed by atoms with Gasteiger partial charge in [0.05, 0.1) is 12.7 Å². The van der Waals surface area contributed by atoms with Gasteiger partial charge in [-0.3, -0.25) is 0 Å². The molecule has 0 radical (unpaired) electrons. The monoisotopic (exact) mass is 293 g/mol. The van der Waals surface area contributed by atoms with Crippen molar-refractivity contribution in [1.29, 1.82) is 0 Å². The summed E-state index contributed by atoms with van der Waals surface area (Å²) in [5, 5.41) is 13.2. The molecule has 0 spiro atoms. The normalized spacial score (nSPS) is 14.0. The lowest BCUT2D eigenvalue weighted by atomic mass is 10.0. The van der Waals surface area contributed by atoms with Crippen LogP contribution in [0.3, 0.4) is 0 Å². The van der Waals surface area contributed by atoms with Gasteiger partial charge in [0, 0.05) is 19.7 Å². The van der Waals surface area contributed by atoms with Gasteiger partial charge < -0.3 is 15.2 Å². The minimum atomic E-state index is -0.433. The van der Waals surface area contributed by atoms with Gasteiger partial charge >= 0.3 is 0 Å². The fourth-order valence-corrected chi connectivity index (χ4v) is 2.31. The van der Waals surface area contributed by atoms with Gasteiger partial charge in [-0.1, -0.05) is 63.4 Å². The molecule has 21 heavy (non-hydrogen) atoms. The molecule has 0 fully saturated rings. The molecule has 1 aromatic carbocycles. The second-order valence-electron chi connectivity index (χ2n) is 5.72. The second-order valence-corrected chi connectivity index (χ2v) is 5.72. The molecule has 120 valence electrons. The molecule has 3 nitrogen and oxygen atoms in total. The summed E-state index contributed by atoms with van der Waals surface area (Å²) < 4.78 is 5.66. The van der Waals surface area contributed by atoms with Crippen LogP contribution in [0.15, 0.2) is 30.3 Å². The van der Waals surface area contributed by atoms with E-state index in [1.807, 2.05) is 18.2 Å². The Morgan fingerprint density at radius 1 is 1.14 bits per heavy atom. The Bertz CT molecular complexity index is 342. The third kappa shape index (κ3) is 8.86. The van der Waals surface area contributed by atoms with Gasteiger partial charge in [0.25, 0.3) is 0 Å². The molecule has 0 aliphatic heterocycles. The van der Waals surface area contributed by atoms with Crippen molar-refractivity contribution in [2.45, 2.75) is 52.2 Å². The molecule has 1 rings (SSSR count). The zero-order valence-corrected chi connectivity index (χ0v) is 13.6. The Hall–Kier alpha value is -0.900. The zero-order chi connectivity index (χ0) is 15.3. The second kappa shape index (κ2) is 11.7. The molecule has 0 amide bonds. The predicted molar refractivity (Wildman–Crippen MR) is 88.3 cm³/mol. The molecule has 1 aromatic rings. The molecule has 3 heteroatoms. The topological polar surface area (TPSA) is 41.5 Å². The van der Waals surface area contributed by atoms with Crippen LogP contribution < -0.4 is 5.32 Å². The molecule has 0 bridgehead atoms. The molecule has 2 atom stereocenters. The number of hydrogen-bond acceptors (Lipinski definition) is 3. The van der Waals surface area contributed by atoms with E-state index in [0.717, 1.165) is 19.6 Å². The molecule has 0 heterocycles. The third-order valence-corrected chi connectivity index (χ3v) is 3.76. The van der Waals surface area contributed by atoms with Crippen LogP contribution in [-0.2, 0) is 11.3 Å². The quantitative estimate of drug-likeness (QED) is 0.621. The highest BCUT2D eigenvalue weighted by Crippen LogP contribution is 2.12. The molecule has 0 saturated carbocycles. The molecule has 0 saturated heterocycles. The number of aliphatic hydroxyl groups excluding tert-OH is 1. The summed E-state index contributed by atoms with van der Waals surface area (Å²) in [5.41, 5.74) is 1.23. The lowest BCUT2D eigenvalue weighted by Crippen LogP contribution is -2.30. The molecule has 0 unspecified atom stereocenters. The SMILES string of the molecule is CCCC[C@@H](CC)COC[C@@H](O)CNCc1ccccc1. The maximum absolute atomic E-state index is 9.90. The minimum Gasteiger partial charge on any atom is -0.389 e. The highest BCUT2D eigenvalue weighted by atomic mass is 16.5. The Labute approximate surface area is 129 Å². The zero-order valence-electron chi connectivity index (χ0n) is 13.6. The Morgan fingerprint density at radius 2 is 1.90 bits per heavy atom. The van der Waals surface area contributed by atoms with Crippen LogP contribution in [0.25, 0.3) is 0 Å². The number of unbranched alkanes of at least 4 members (excludes halogenated alkanes) is 1. The van der Waals surface area contributed by atoms with E-state index in [1.165, 1.54) is 24.8 Å². The van der Waals surface area contributed by atoms with Gasteiger partial charge in [-0.15, -0.1) is 0 Å². The third-order valence-electron chi connectivity index (χ3n) is 3.76. The first-order chi connectivity index (χ1) is 10.3. The van der Waals surface area contributed by atoms with Crippen LogP contribution >= 0.6 is 0 Å². The Balaban J connectivity index is 2.06. The first kappa shape index (κ1) is 18.1. The standard InChI is InChI=1S/C18H31NO2/c1-3-5-9-16(4-2)14-21-15-18(20)13-19-12-17-10-7-6-8-11-17/h6-8,10-11,16,18-20H,3-5,9,12-15H2,1-2H3/t16-,18+/m1/s1. The van der Waals surface area contributed by atoms with Crippen LogP contribution in [0.4, 0.5) is 0 Å². The fourth-order valence-electron chi connectivity index (χ4n) is 2.31. The predicted octanol–water partition coefficient (Wildman–Crippen LogP) is 3.37. The summed E-state index contributed by atoms with van der Waals surface area (Å²) >= 11 is 0. The van der Waals surface area contributed by atoms with Crippen LogP contribution in [0.2, 0.25) is 0 Å². The van der Waals surface area contributed by atoms with Gasteiger partial charge in [0.2, 0.25) is 0 Å². The van der Waals surface area contributed by atoms with Crippen molar-refractivity contribution in [1.82, 2.24) is 5.32 Å². The van der Waals surface area contributed by atoms with Crippen molar-refractivity contribution in [2.75, 3.05) is 19.8 Å². The van der Waals surface area contributed by atoms with E-state index in [1.54, 1.807) is 0 Å². The van der Waals surface area contributed by atoms with Crippen molar-refractivity contribution < 1.29 is 9.84 Å². The molecular formula is C18H31NO2. The van der Waals surface area contributed by atoms with Crippen molar-refractivity contribution in [3.63, 3.8) is 0 Å². The van der Waals surface area contributed by atoms with Crippen LogP contribution in [0, 0.1) is 5.92 Å². The number of benzene rings is 1. The maximum Gasteiger partial charge on any atom is 0.0897 e. The number of nitrogens with one attached hydrogen (secondary N) is 1. The first-order valence-electron chi connectivity index (χ1n) is 8.26. The van der Waals surface area contributed by atoms with E-state index in [4.69, 9.17) is 4.74 Å². The average molecular weight is 293 g/mol. The van der Waals surface area contributed by atoms with Gasteiger partial charge in [-0.25, -0.2) is 0 Å². The van der Waals surface area contributed by atoms with E-state index in [2.05, 4.69) is 31.3 Å². The highest BCUT2D eigenvalue weighted by Gasteiger charge is 2.08. The van der Waals surface area contributed by atoms with Crippen LogP contribution in [0.1, 0.15) is 45.1 Å². The number of hydrogen-bond donors (Lipinski definition) is 2. The van der Waals surface area contributed by atoms with Crippen molar-refractivity contribution in [2.24, 2.45) is 5.92 Å². The Morgan fingerprint density at radius 3 is 2.57 bits per heavy atom. The maximum atomic E-state index is 9.90. The van der Waals surface area contributed by atoms with Crippen LogP contribution in [-0.4, -0.2) is 31.0 Å². The van der Waals surface area contributed by atoms with Crippen LogP contribution in [0.5, 0.6) is 0 Å². The van der Waals surface area contributed by atoms with Gasteiger partial charge in [-0.2, -0.15) is 0 Å². The summed E-state index contributed by atoms with van der Waals surface area (Å²) in [4.78, 5) is 0. The van der Waals surface area contributed by atoms with Gasteiger partial charge in [0.1, 0.15) is 0 Å². The summed E-state index contributed by atoms with van der Waals surface area (Å²) in [6.45, 7) is 6.97. The summed E-state index contributed by atoms with van der Waals surface area (Å²) in [5.74, 6) is 0.634. The molecule has 2 N–H and O–H groups in total. The van der Waals surface area contributed by atoms with Gasteiger partial charge in [0.15, 0.2) is 0 Å². The Kier molecular flexibility index (Phi) is 10.1. The van der Waals surface area contributed by atoms with E-state index in [9.17, 15) is 5.11 Å². The summed E-state index contributed by atoms with van der Waals surface area (Å²) in [6, 6.07) is 10.2. The van der Waals surface area contributed by atoms with Crippen molar-refractivity contribution >= 4 is 0 Å². The first-order valence-corrected chi connectivity index (χ1v) is 8.26. The molecular weight excluding hydrogens is 262 g/mol. The summed E-state index contributed by atoms with van der Waals surface area (Å²) in [7, 11) is 0. The largest absolute Gasteiger partial charge is 0.389 e. The van der Waals surface area contributed by atoms with E-state index >= 15 is 0 Å². The molecule has 0 aliphatic rings. The molecule has 0 aliphatic carbocycles. The fraction of sp³-hybridized carbons (Fsp3) is 0.667. The highest BCUT2D eigenvalue weighted by molar-refractivity contribution is 5.14. The van der Waals surface area contributed by atoms with E-state index < -0.39 is 6.10 Å². The minimum absolute atomic E-state index is 0.421. The number of rotatable bonds is 12. The number of aliphatic hydroxyl groups is 1. The van der Waals surface area contributed by atoms with Crippen molar-refractivity contribution in [3.8, 4) is 0 Å². The lowest BCUT2D eigenvalue weighted by Gasteiger charge is -2.17. The van der Waals surface area contributed by atoms with Gasteiger partial charge in [-0.05, 0) is 17.9 Å². The summed E-state index contributed by atoms with van der Waals surface area (Å²) in [6.07, 6.45) is 4.46. The van der Waals surface area contributed by atoms with E-state index in [0.29, 0.717) is 19.1 Å². The lowest BCUT2D eigenvalue weighted by molar-refractivity contribution is 0.0192. The van der Waals surface area contributed by atoms with E-state index in [-0.39, 0.29) is 0 Å². The molecule has 0 aromatic heterocycles. The van der Waals surface area contributed by atoms with Crippen molar-refractivity contribution in [3.05, 3.63) is 35.9 Å². The number of ether oxygens (including phenoxy) is 1.